The molecule has 0 radical (unpaired) electrons. The summed E-state index contributed by atoms with van der Waals surface area (Å²) in [6.07, 6.45) is 1.96. The summed E-state index contributed by atoms with van der Waals surface area (Å²) in [5.41, 5.74) is 2.12. The second kappa shape index (κ2) is 6.16. The Bertz CT molecular complexity index is 543. The Balaban J connectivity index is 2.20. The fraction of sp³-hybridized carbons (Fsp3) is 0.308. The molecule has 0 aromatic heterocycles. The predicted octanol–water partition coefficient (Wildman–Crippen LogP) is 3.66. The lowest BCUT2D eigenvalue weighted by Crippen LogP contribution is -2.28. The van der Waals surface area contributed by atoms with Crippen molar-refractivity contribution < 1.29 is 4.74 Å². The van der Waals surface area contributed by atoms with Gasteiger partial charge in [0, 0.05) is 7.05 Å². The highest BCUT2D eigenvalue weighted by Crippen LogP contribution is 2.32. The van der Waals surface area contributed by atoms with Crippen molar-refractivity contribution in [3.8, 4) is 5.75 Å². The third-order valence-corrected chi connectivity index (χ3v) is 3.79. The second-order valence-electron chi connectivity index (χ2n) is 4.21. The number of nitrogens with zero attached hydrogens (tertiary/aromatic N) is 2. The minimum atomic E-state index is 0.0997. The Labute approximate surface area is 121 Å². The number of thioether (sulfide) groups is 1. The maximum Gasteiger partial charge on any atom is 0.208 e. The number of ether oxygens (including phenoxy) is 1. The summed E-state index contributed by atoms with van der Waals surface area (Å²) in [6, 6.07) is 6.05. The van der Waals surface area contributed by atoms with Crippen LogP contribution >= 0.6 is 24.0 Å². The van der Waals surface area contributed by atoms with Crippen molar-refractivity contribution in [3.05, 3.63) is 33.6 Å². The van der Waals surface area contributed by atoms with Gasteiger partial charge < -0.3 is 9.64 Å². The maximum atomic E-state index is 10.3. The van der Waals surface area contributed by atoms with Gasteiger partial charge in [0.15, 0.2) is 0 Å². The first-order valence-electron chi connectivity index (χ1n) is 5.81. The Kier molecular flexibility index (Phi) is 4.55. The molecule has 1 heterocycles. The number of hydrogen-bond donors (Lipinski definition) is 0. The number of hydrogen-bond acceptors (Lipinski definition) is 5. The fourth-order valence-corrected chi connectivity index (χ4v) is 2.79. The molecule has 1 aliphatic rings. The summed E-state index contributed by atoms with van der Waals surface area (Å²) < 4.78 is 5.75. The molecule has 100 valence electrons. The average molecular weight is 294 g/mol. The van der Waals surface area contributed by atoms with E-state index in [4.69, 9.17) is 17.0 Å². The summed E-state index contributed by atoms with van der Waals surface area (Å²) in [5, 5.41) is 2.72. The van der Waals surface area contributed by atoms with Crippen molar-refractivity contribution in [1.82, 2.24) is 0 Å². The number of nitroso groups, excluding NO2 is 1. The largest absolute Gasteiger partial charge is 0.490 e. The lowest BCUT2D eigenvalue weighted by Gasteiger charge is -2.27. The van der Waals surface area contributed by atoms with Gasteiger partial charge in [-0.2, -0.15) is 0 Å². The molecule has 19 heavy (non-hydrogen) atoms. The Morgan fingerprint density at radius 3 is 3.11 bits per heavy atom. The fourth-order valence-electron chi connectivity index (χ4n) is 1.88. The van der Waals surface area contributed by atoms with Crippen LogP contribution in [0.2, 0.25) is 0 Å². The summed E-state index contributed by atoms with van der Waals surface area (Å²) in [5.74, 6) is 0.886. The quantitative estimate of drug-likeness (QED) is 0.615. The van der Waals surface area contributed by atoms with E-state index in [2.05, 4.69) is 10.1 Å². The zero-order valence-electron chi connectivity index (χ0n) is 10.8. The smallest absolute Gasteiger partial charge is 0.208 e. The molecule has 6 heteroatoms. The van der Waals surface area contributed by atoms with Gasteiger partial charge in [0.1, 0.15) is 12.4 Å². The molecule has 0 unspecified atom stereocenters. The zero-order valence-corrected chi connectivity index (χ0v) is 12.4. The number of fused-ring (bicyclic) bond motifs is 1. The molecule has 0 saturated carbocycles. The molecule has 0 spiro atoms. The molecular weight excluding hydrogens is 280 g/mol. The lowest BCUT2D eigenvalue weighted by atomic mass is 10.1. The van der Waals surface area contributed by atoms with Crippen molar-refractivity contribution in [2.45, 2.75) is 6.92 Å². The zero-order chi connectivity index (χ0) is 13.8. The van der Waals surface area contributed by atoms with Crippen LogP contribution in [-0.4, -0.2) is 24.5 Å². The molecule has 0 saturated heterocycles. The van der Waals surface area contributed by atoms with E-state index < -0.39 is 0 Å². The van der Waals surface area contributed by atoms with Crippen LogP contribution in [0.3, 0.4) is 0 Å². The normalized spacial score (nSPS) is 14.6. The molecular formula is C13H14N2O2S2. The van der Waals surface area contributed by atoms with Crippen LogP contribution in [0.5, 0.6) is 5.75 Å². The van der Waals surface area contributed by atoms with E-state index in [1.54, 1.807) is 0 Å². The van der Waals surface area contributed by atoms with Crippen LogP contribution in [0.25, 0.3) is 6.08 Å². The Morgan fingerprint density at radius 2 is 2.37 bits per heavy atom. The van der Waals surface area contributed by atoms with Crippen molar-refractivity contribution in [2.24, 2.45) is 5.18 Å². The molecule has 1 aliphatic heterocycles. The number of likely N-dealkylation sites (N-methyl/N-ethyl adjacent to an activating group) is 1. The van der Waals surface area contributed by atoms with E-state index in [0.717, 1.165) is 28.5 Å². The van der Waals surface area contributed by atoms with Gasteiger partial charge in [-0.25, -0.2) is 0 Å². The third-order valence-electron chi connectivity index (χ3n) is 2.77. The highest BCUT2D eigenvalue weighted by molar-refractivity contribution is 8.25. The number of thiocarbonyl (C=S) groups is 1. The van der Waals surface area contributed by atoms with Crippen LogP contribution in [0.4, 0.5) is 5.69 Å². The maximum absolute atomic E-state index is 10.3. The van der Waals surface area contributed by atoms with Crippen LogP contribution < -0.4 is 9.64 Å². The molecule has 0 fully saturated rings. The molecule has 0 N–H and O–H groups in total. The molecule has 1 aromatic carbocycles. The van der Waals surface area contributed by atoms with Gasteiger partial charge in [-0.3, -0.25) is 0 Å². The van der Waals surface area contributed by atoms with Crippen molar-refractivity contribution in [1.29, 1.82) is 0 Å². The van der Waals surface area contributed by atoms with Gasteiger partial charge in [0.25, 0.3) is 0 Å². The number of allylic oxidation sites excluding steroid dienone is 1. The Morgan fingerprint density at radius 1 is 1.58 bits per heavy atom. The second-order valence-corrected chi connectivity index (χ2v) is 6.09. The van der Waals surface area contributed by atoms with E-state index in [-0.39, 0.29) is 4.32 Å². The Hall–Kier alpha value is -1.40. The minimum Gasteiger partial charge on any atom is -0.490 e. The minimum absolute atomic E-state index is 0.0997. The SMILES string of the molecule is C/C(=C/c1ccc2c(c1)OCCN2C)SC(=S)N=O. The number of rotatable bonds is 2. The van der Waals surface area contributed by atoms with Crippen molar-refractivity contribution in [2.75, 3.05) is 25.1 Å². The van der Waals surface area contributed by atoms with Crippen LogP contribution in [0.15, 0.2) is 28.3 Å². The first-order valence-corrected chi connectivity index (χ1v) is 7.04. The van der Waals surface area contributed by atoms with E-state index in [0.29, 0.717) is 6.61 Å². The summed E-state index contributed by atoms with van der Waals surface area (Å²) >= 11 is 5.97. The molecule has 0 atom stereocenters. The molecule has 4 nitrogen and oxygen atoms in total. The number of benzene rings is 1. The van der Waals surface area contributed by atoms with Gasteiger partial charge in [-0.1, -0.05) is 17.8 Å². The molecule has 0 bridgehead atoms. The highest BCUT2D eigenvalue weighted by atomic mass is 32.2. The number of anilines is 1. The van der Waals surface area contributed by atoms with Gasteiger partial charge in [-0.05, 0) is 53.0 Å². The summed E-state index contributed by atoms with van der Waals surface area (Å²) in [4.78, 5) is 13.3. The molecule has 2 rings (SSSR count). The summed E-state index contributed by atoms with van der Waals surface area (Å²) in [6.45, 7) is 3.49. The first kappa shape index (κ1) is 14.0. The molecule has 1 aromatic rings. The van der Waals surface area contributed by atoms with E-state index in [9.17, 15) is 4.91 Å². The van der Waals surface area contributed by atoms with Crippen LogP contribution in [0, 0.1) is 4.91 Å². The standard InChI is InChI=1S/C13H14N2O2S2/c1-9(19-13(18)14-16)7-10-3-4-11-12(8-10)17-6-5-15(11)2/h3-4,7-8H,5-6H2,1-2H3/b9-7-. The van der Waals surface area contributed by atoms with E-state index in [1.165, 1.54) is 11.8 Å². The molecule has 0 aliphatic carbocycles. The van der Waals surface area contributed by atoms with E-state index in [1.807, 2.05) is 38.2 Å². The summed E-state index contributed by atoms with van der Waals surface area (Å²) in [7, 11) is 2.05. The first-order chi connectivity index (χ1) is 9.10. The van der Waals surface area contributed by atoms with Gasteiger partial charge >= 0.3 is 0 Å². The van der Waals surface area contributed by atoms with Gasteiger partial charge in [0.2, 0.25) is 4.32 Å². The van der Waals surface area contributed by atoms with Crippen molar-refractivity contribution in [3.63, 3.8) is 0 Å². The molecule has 0 amide bonds. The topological polar surface area (TPSA) is 41.9 Å². The van der Waals surface area contributed by atoms with Crippen LogP contribution in [-0.2, 0) is 0 Å². The van der Waals surface area contributed by atoms with Crippen LogP contribution in [0.1, 0.15) is 12.5 Å². The van der Waals surface area contributed by atoms with E-state index >= 15 is 0 Å². The third kappa shape index (κ3) is 3.54. The van der Waals surface area contributed by atoms with Gasteiger partial charge in [-0.15, -0.1) is 4.91 Å². The highest BCUT2D eigenvalue weighted by Gasteiger charge is 2.14. The predicted molar refractivity (Wildman–Crippen MR) is 84.8 cm³/mol. The van der Waals surface area contributed by atoms with Gasteiger partial charge in [0.05, 0.1) is 12.2 Å². The monoisotopic (exact) mass is 294 g/mol. The van der Waals surface area contributed by atoms with Crippen molar-refractivity contribution >= 4 is 40.1 Å². The average Bonchev–Trinajstić information content (AvgIpc) is 2.38. The lowest BCUT2D eigenvalue weighted by molar-refractivity contribution is 0.311.